The Labute approximate surface area is 120 Å². The average Bonchev–Trinajstić information content (AvgIpc) is 2.41. The molecule has 106 valence electrons. The second kappa shape index (κ2) is 4.97. The van der Waals surface area contributed by atoms with E-state index >= 15 is 0 Å². The number of nitrogen functional groups attached to an aromatic ring is 1. The molecule has 0 radical (unpaired) electrons. The van der Waals surface area contributed by atoms with Gasteiger partial charge in [0.05, 0.1) is 5.52 Å². The second-order valence-electron chi connectivity index (χ2n) is 6.72. The van der Waals surface area contributed by atoms with Gasteiger partial charge in [-0.1, -0.05) is 13.8 Å². The molecule has 1 aliphatic carbocycles. The van der Waals surface area contributed by atoms with Crippen molar-refractivity contribution in [1.82, 2.24) is 4.98 Å². The molecule has 0 amide bonds. The van der Waals surface area contributed by atoms with Gasteiger partial charge in [-0.05, 0) is 55.4 Å². The Balaban J connectivity index is 1.81. The van der Waals surface area contributed by atoms with Gasteiger partial charge in [-0.2, -0.15) is 0 Å². The molecule has 1 heterocycles. The monoisotopic (exact) mass is 269 g/mol. The third-order valence-electron chi connectivity index (χ3n) is 4.47. The number of anilines is 2. The van der Waals surface area contributed by atoms with Gasteiger partial charge < -0.3 is 11.1 Å². The molecule has 2 aromatic rings. The van der Waals surface area contributed by atoms with Crippen LogP contribution >= 0.6 is 0 Å². The zero-order chi connectivity index (χ0) is 14.2. The Kier molecular flexibility index (Phi) is 3.28. The molecule has 1 saturated carbocycles. The summed E-state index contributed by atoms with van der Waals surface area (Å²) in [5, 5.41) is 4.86. The van der Waals surface area contributed by atoms with Crippen molar-refractivity contribution in [2.45, 2.75) is 45.6 Å². The van der Waals surface area contributed by atoms with Gasteiger partial charge in [0.25, 0.3) is 0 Å². The molecule has 3 N–H and O–H groups in total. The topological polar surface area (TPSA) is 50.9 Å². The van der Waals surface area contributed by atoms with Crippen LogP contribution in [0.25, 0.3) is 10.9 Å². The minimum absolute atomic E-state index is 0.507. The van der Waals surface area contributed by atoms with Crippen LogP contribution < -0.4 is 11.1 Å². The van der Waals surface area contributed by atoms with Crippen molar-refractivity contribution in [3.8, 4) is 0 Å². The molecular weight excluding hydrogens is 246 g/mol. The number of rotatable bonds is 2. The summed E-state index contributed by atoms with van der Waals surface area (Å²) in [5.41, 5.74) is 9.24. The van der Waals surface area contributed by atoms with E-state index in [-0.39, 0.29) is 0 Å². The number of fused-ring (bicyclic) bond motifs is 1. The zero-order valence-corrected chi connectivity index (χ0v) is 12.3. The van der Waals surface area contributed by atoms with Gasteiger partial charge in [0.2, 0.25) is 0 Å². The van der Waals surface area contributed by atoms with Gasteiger partial charge in [0.1, 0.15) is 0 Å². The zero-order valence-electron chi connectivity index (χ0n) is 12.3. The van der Waals surface area contributed by atoms with Gasteiger partial charge >= 0.3 is 0 Å². The Morgan fingerprint density at radius 2 is 1.95 bits per heavy atom. The fraction of sp³-hybridized carbons (Fsp3) is 0.471. The molecule has 0 bridgehead atoms. The number of nitrogens with two attached hydrogens (primary N) is 1. The summed E-state index contributed by atoms with van der Waals surface area (Å²) in [4.78, 5) is 4.40. The number of nitrogens with one attached hydrogen (secondary N) is 1. The van der Waals surface area contributed by atoms with Crippen LogP contribution in [0.3, 0.4) is 0 Å². The van der Waals surface area contributed by atoms with E-state index in [1.807, 2.05) is 18.3 Å². The highest BCUT2D eigenvalue weighted by Crippen LogP contribution is 2.36. The third-order valence-corrected chi connectivity index (χ3v) is 4.47. The van der Waals surface area contributed by atoms with Crippen LogP contribution in [-0.2, 0) is 0 Å². The smallest absolute Gasteiger partial charge is 0.0743 e. The number of benzene rings is 1. The summed E-state index contributed by atoms with van der Waals surface area (Å²) in [6.07, 6.45) is 6.93. The lowest BCUT2D eigenvalue weighted by Crippen LogP contribution is -2.29. The Morgan fingerprint density at radius 3 is 2.70 bits per heavy atom. The van der Waals surface area contributed by atoms with Crippen molar-refractivity contribution < 1.29 is 0 Å². The molecule has 0 aliphatic heterocycles. The molecule has 20 heavy (non-hydrogen) atoms. The van der Waals surface area contributed by atoms with E-state index in [1.165, 1.54) is 31.4 Å². The number of pyridine rings is 1. The van der Waals surface area contributed by atoms with E-state index in [4.69, 9.17) is 5.73 Å². The summed E-state index contributed by atoms with van der Waals surface area (Å²) in [5.74, 6) is 0. The predicted octanol–water partition coefficient (Wildman–Crippen LogP) is 4.20. The van der Waals surface area contributed by atoms with Crippen LogP contribution in [0.5, 0.6) is 0 Å². The fourth-order valence-corrected chi connectivity index (χ4v) is 3.05. The fourth-order valence-electron chi connectivity index (χ4n) is 3.05. The molecule has 0 atom stereocenters. The van der Waals surface area contributed by atoms with Gasteiger partial charge in [0.15, 0.2) is 0 Å². The molecule has 1 aromatic carbocycles. The Morgan fingerprint density at radius 1 is 1.20 bits per heavy atom. The van der Waals surface area contributed by atoms with Crippen LogP contribution in [0.15, 0.2) is 30.5 Å². The van der Waals surface area contributed by atoms with Crippen molar-refractivity contribution in [3.05, 3.63) is 30.5 Å². The maximum Gasteiger partial charge on any atom is 0.0743 e. The van der Waals surface area contributed by atoms with Crippen LogP contribution in [0.1, 0.15) is 39.5 Å². The van der Waals surface area contributed by atoms with Crippen molar-refractivity contribution in [1.29, 1.82) is 0 Å². The lowest BCUT2D eigenvalue weighted by molar-refractivity contribution is 0.232. The minimum Gasteiger partial charge on any atom is -0.399 e. The maximum atomic E-state index is 5.83. The van der Waals surface area contributed by atoms with Gasteiger partial charge in [-0.25, -0.2) is 0 Å². The highest BCUT2D eigenvalue weighted by molar-refractivity contribution is 5.92. The molecule has 1 fully saturated rings. The third kappa shape index (κ3) is 2.72. The number of hydrogen-bond donors (Lipinski definition) is 2. The van der Waals surface area contributed by atoms with Crippen LogP contribution in [-0.4, -0.2) is 11.0 Å². The van der Waals surface area contributed by atoms with Crippen molar-refractivity contribution in [3.63, 3.8) is 0 Å². The van der Waals surface area contributed by atoms with Gasteiger partial charge in [-0.15, -0.1) is 0 Å². The van der Waals surface area contributed by atoms with E-state index in [2.05, 4.69) is 36.3 Å². The summed E-state index contributed by atoms with van der Waals surface area (Å²) in [6, 6.07) is 8.58. The first kappa shape index (κ1) is 13.2. The molecule has 0 spiro atoms. The quantitative estimate of drug-likeness (QED) is 0.803. The summed E-state index contributed by atoms with van der Waals surface area (Å²) < 4.78 is 0. The summed E-state index contributed by atoms with van der Waals surface area (Å²) in [6.45, 7) is 4.74. The maximum absolute atomic E-state index is 5.83. The molecule has 0 unspecified atom stereocenters. The van der Waals surface area contributed by atoms with Crippen LogP contribution in [0.4, 0.5) is 11.4 Å². The average molecular weight is 269 g/mol. The van der Waals surface area contributed by atoms with Crippen molar-refractivity contribution in [2.75, 3.05) is 11.1 Å². The first-order valence-electron chi connectivity index (χ1n) is 7.44. The van der Waals surface area contributed by atoms with E-state index in [0.717, 1.165) is 16.6 Å². The molecule has 3 rings (SSSR count). The van der Waals surface area contributed by atoms with Crippen LogP contribution in [0, 0.1) is 5.41 Å². The standard InChI is InChI=1S/C17H23N3/c1-17(2)8-5-13(6-9-17)20-15-7-10-19-16-11-12(18)3-4-14(15)16/h3-4,7,10-11,13H,5-6,8-9,18H2,1-2H3,(H,19,20). The van der Waals surface area contributed by atoms with Crippen LogP contribution in [0.2, 0.25) is 0 Å². The van der Waals surface area contributed by atoms with Gasteiger partial charge in [-0.3, -0.25) is 4.98 Å². The van der Waals surface area contributed by atoms with Crippen molar-refractivity contribution >= 4 is 22.3 Å². The lowest BCUT2D eigenvalue weighted by Gasteiger charge is -2.35. The predicted molar refractivity (Wildman–Crippen MR) is 85.8 cm³/mol. The second-order valence-corrected chi connectivity index (χ2v) is 6.72. The highest BCUT2D eigenvalue weighted by atomic mass is 14.9. The lowest BCUT2D eigenvalue weighted by atomic mass is 9.75. The molecule has 1 aromatic heterocycles. The first-order chi connectivity index (χ1) is 9.53. The largest absolute Gasteiger partial charge is 0.399 e. The summed E-state index contributed by atoms with van der Waals surface area (Å²) in [7, 11) is 0. The molecular formula is C17H23N3. The Hall–Kier alpha value is -1.77. The van der Waals surface area contributed by atoms with E-state index in [0.29, 0.717) is 11.5 Å². The van der Waals surface area contributed by atoms with Crippen molar-refractivity contribution in [2.24, 2.45) is 5.41 Å². The normalized spacial score (nSPS) is 19.1. The molecule has 0 saturated heterocycles. The van der Waals surface area contributed by atoms with E-state index in [9.17, 15) is 0 Å². The van der Waals surface area contributed by atoms with E-state index < -0.39 is 0 Å². The highest BCUT2D eigenvalue weighted by Gasteiger charge is 2.26. The molecule has 3 heteroatoms. The van der Waals surface area contributed by atoms with Gasteiger partial charge in [0, 0.05) is 29.0 Å². The summed E-state index contributed by atoms with van der Waals surface area (Å²) >= 11 is 0. The number of hydrogen-bond acceptors (Lipinski definition) is 3. The number of aromatic nitrogens is 1. The minimum atomic E-state index is 0.507. The SMILES string of the molecule is CC1(C)CCC(Nc2ccnc3cc(N)ccc23)CC1. The Bertz CT molecular complexity index is 609. The molecule has 3 nitrogen and oxygen atoms in total. The number of nitrogens with zero attached hydrogens (tertiary/aromatic N) is 1. The van der Waals surface area contributed by atoms with E-state index in [1.54, 1.807) is 0 Å². The first-order valence-corrected chi connectivity index (χ1v) is 7.44. The molecule has 1 aliphatic rings.